The highest BCUT2D eigenvalue weighted by Crippen LogP contribution is 2.30. The summed E-state index contributed by atoms with van der Waals surface area (Å²) in [5, 5.41) is 15.1. The van der Waals surface area contributed by atoms with Crippen molar-refractivity contribution in [2.24, 2.45) is 0 Å². The maximum absolute atomic E-state index is 10.4. The van der Waals surface area contributed by atoms with E-state index in [1.54, 1.807) is 11.3 Å². The molecular weight excluding hydrogens is 268 g/mol. The lowest BCUT2D eigenvalue weighted by Gasteiger charge is -2.10. The zero-order chi connectivity index (χ0) is 14.1. The predicted molar refractivity (Wildman–Crippen MR) is 82.2 cm³/mol. The van der Waals surface area contributed by atoms with E-state index in [4.69, 9.17) is 0 Å². The van der Waals surface area contributed by atoms with Gasteiger partial charge >= 0.3 is 0 Å². The first kappa shape index (κ1) is 13.8. The highest BCUT2D eigenvalue weighted by atomic mass is 32.1. The fraction of sp³-hybridized carbons (Fsp3) is 0.562. The molecule has 0 aliphatic heterocycles. The number of aliphatic hydroxyl groups is 1. The van der Waals surface area contributed by atoms with Crippen LogP contribution in [0.5, 0.6) is 0 Å². The highest BCUT2D eigenvalue weighted by Gasteiger charge is 2.19. The van der Waals surface area contributed by atoms with Gasteiger partial charge in [-0.1, -0.05) is 12.8 Å². The SMILES string of the molecule is Cc1cc(C(O)Cc2ccn(C3CCCC3)n2)c(C)s1. The summed E-state index contributed by atoms with van der Waals surface area (Å²) in [6.07, 6.45) is 7.36. The highest BCUT2D eigenvalue weighted by molar-refractivity contribution is 7.12. The van der Waals surface area contributed by atoms with Crippen LogP contribution in [0.1, 0.15) is 58.8 Å². The molecule has 2 heterocycles. The van der Waals surface area contributed by atoms with Crippen LogP contribution in [-0.2, 0) is 6.42 Å². The lowest BCUT2D eigenvalue weighted by atomic mass is 10.1. The molecule has 1 aliphatic carbocycles. The minimum atomic E-state index is -0.438. The van der Waals surface area contributed by atoms with Crippen LogP contribution in [0.25, 0.3) is 0 Å². The monoisotopic (exact) mass is 290 g/mol. The summed E-state index contributed by atoms with van der Waals surface area (Å²) in [5.41, 5.74) is 2.05. The number of aryl methyl sites for hydroxylation is 2. The van der Waals surface area contributed by atoms with Gasteiger partial charge in [0.15, 0.2) is 0 Å². The second kappa shape index (κ2) is 5.70. The molecule has 0 saturated heterocycles. The molecule has 2 aromatic heterocycles. The van der Waals surface area contributed by atoms with Crippen molar-refractivity contribution in [1.29, 1.82) is 0 Å². The molecule has 1 fully saturated rings. The van der Waals surface area contributed by atoms with Gasteiger partial charge in [0.2, 0.25) is 0 Å². The van der Waals surface area contributed by atoms with E-state index < -0.39 is 6.10 Å². The number of rotatable bonds is 4. The predicted octanol–water partition coefficient (Wildman–Crippen LogP) is 3.95. The maximum atomic E-state index is 10.4. The van der Waals surface area contributed by atoms with Gasteiger partial charge in [-0.2, -0.15) is 5.10 Å². The molecule has 3 rings (SSSR count). The van der Waals surface area contributed by atoms with E-state index in [-0.39, 0.29) is 0 Å². The fourth-order valence-corrected chi connectivity index (χ4v) is 4.13. The Labute approximate surface area is 124 Å². The summed E-state index contributed by atoms with van der Waals surface area (Å²) in [6.45, 7) is 4.16. The first-order valence-electron chi connectivity index (χ1n) is 7.42. The van der Waals surface area contributed by atoms with Crippen LogP contribution in [0.3, 0.4) is 0 Å². The topological polar surface area (TPSA) is 38.0 Å². The lowest BCUT2D eigenvalue weighted by Crippen LogP contribution is -2.07. The van der Waals surface area contributed by atoms with Crippen molar-refractivity contribution in [3.63, 3.8) is 0 Å². The van der Waals surface area contributed by atoms with Crippen molar-refractivity contribution < 1.29 is 5.11 Å². The van der Waals surface area contributed by atoms with Gasteiger partial charge in [0.05, 0.1) is 17.8 Å². The Hall–Kier alpha value is -1.13. The summed E-state index contributed by atoms with van der Waals surface area (Å²) >= 11 is 1.75. The zero-order valence-corrected chi connectivity index (χ0v) is 13.0. The van der Waals surface area contributed by atoms with Crippen LogP contribution in [0.2, 0.25) is 0 Å². The Balaban J connectivity index is 1.69. The van der Waals surface area contributed by atoms with Crippen LogP contribution in [-0.4, -0.2) is 14.9 Å². The van der Waals surface area contributed by atoms with Crippen molar-refractivity contribution in [3.8, 4) is 0 Å². The third-order valence-corrected chi connectivity index (χ3v) is 5.18. The molecule has 0 bridgehead atoms. The van der Waals surface area contributed by atoms with Crippen LogP contribution in [0.15, 0.2) is 18.3 Å². The van der Waals surface area contributed by atoms with E-state index >= 15 is 0 Å². The molecule has 1 N–H and O–H groups in total. The quantitative estimate of drug-likeness (QED) is 0.925. The third kappa shape index (κ3) is 2.81. The van der Waals surface area contributed by atoms with Crippen LogP contribution in [0.4, 0.5) is 0 Å². The van der Waals surface area contributed by atoms with Gasteiger partial charge in [-0.25, -0.2) is 0 Å². The molecule has 1 atom stereocenters. The molecule has 0 radical (unpaired) electrons. The fourth-order valence-electron chi connectivity index (χ4n) is 3.15. The van der Waals surface area contributed by atoms with Crippen LogP contribution in [0, 0.1) is 13.8 Å². The summed E-state index contributed by atoms with van der Waals surface area (Å²) in [6, 6.07) is 4.72. The van der Waals surface area contributed by atoms with E-state index in [1.807, 2.05) is 0 Å². The van der Waals surface area contributed by atoms with Gasteiger partial charge < -0.3 is 5.11 Å². The summed E-state index contributed by atoms with van der Waals surface area (Å²) in [4.78, 5) is 2.47. The summed E-state index contributed by atoms with van der Waals surface area (Å²) in [5.74, 6) is 0. The molecule has 3 nitrogen and oxygen atoms in total. The second-order valence-corrected chi connectivity index (χ2v) is 7.27. The average Bonchev–Trinajstić information content (AvgIpc) is 3.09. The van der Waals surface area contributed by atoms with Crippen LogP contribution >= 0.6 is 11.3 Å². The molecule has 1 aliphatic rings. The van der Waals surface area contributed by atoms with Crippen molar-refractivity contribution in [3.05, 3.63) is 39.3 Å². The zero-order valence-electron chi connectivity index (χ0n) is 12.2. The lowest BCUT2D eigenvalue weighted by molar-refractivity contribution is 0.176. The van der Waals surface area contributed by atoms with Gasteiger partial charge in [0.25, 0.3) is 0 Å². The Bertz CT molecular complexity index is 581. The number of aromatic nitrogens is 2. The Kier molecular flexibility index (Phi) is 3.94. The Morgan fingerprint density at radius 1 is 1.40 bits per heavy atom. The van der Waals surface area contributed by atoms with Crippen molar-refractivity contribution in [2.45, 2.75) is 58.1 Å². The Morgan fingerprint density at radius 3 is 2.80 bits per heavy atom. The first-order valence-corrected chi connectivity index (χ1v) is 8.24. The Morgan fingerprint density at radius 2 is 2.15 bits per heavy atom. The molecular formula is C16H22N2OS. The number of aliphatic hydroxyl groups excluding tert-OH is 1. The largest absolute Gasteiger partial charge is 0.388 e. The van der Waals surface area contributed by atoms with Gasteiger partial charge in [-0.05, 0) is 44.4 Å². The molecule has 108 valence electrons. The third-order valence-electron chi connectivity index (χ3n) is 4.20. The number of hydrogen-bond donors (Lipinski definition) is 1. The molecule has 20 heavy (non-hydrogen) atoms. The molecule has 0 aromatic carbocycles. The minimum absolute atomic E-state index is 0.438. The van der Waals surface area contributed by atoms with Gasteiger partial charge in [0, 0.05) is 22.4 Å². The van der Waals surface area contributed by atoms with E-state index in [0.717, 1.165) is 11.3 Å². The van der Waals surface area contributed by atoms with Crippen molar-refractivity contribution >= 4 is 11.3 Å². The number of nitrogens with zero attached hydrogens (tertiary/aromatic N) is 2. The smallest absolute Gasteiger partial charge is 0.0856 e. The van der Waals surface area contributed by atoms with Gasteiger partial charge in [-0.3, -0.25) is 4.68 Å². The van der Waals surface area contributed by atoms with Crippen molar-refractivity contribution in [2.75, 3.05) is 0 Å². The number of hydrogen-bond acceptors (Lipinski definition) is 3. The first-order chi connectivity index (χ1) is 9.63. The van der Waals surface area contributed by atoms with E-state index in [0.29, 0.717) is 12.5 Å². The molecule has 2 aromatic rings. The maximum Gasteiger partial charge on any atom is 0.0856 e. The molecule has 1 unspecified atom stereocenters. The van der Waals surface area contributed by atoms with Crippen molar-refractivity contribution in [1.82, 2.24) is 9.78 Å². The molecule has 4 heteroatoms. The van der Waals surface area contributed by atoms with Gasteiger partial charge in [0.1, 0.15) is 0 Å². The summed E-state index contributed by atoms with van der Waals surface area (Å²) in [7, 11) is 0. The summed E-state index contributed by atoms with van der Waals surface area (Å²) < 4.78 is 2.10. The minimum Gasteiger partial charge on any atom is -0.388 e. The standard InChI is InChI=1S/C16H22N2OS/c1-11-9-15(12(2)20-11)16(19)10-13-7-8-18(17-13)14-5-3-4-6-14/h7-9,14,16,19H,3-6,10H2,1-2H3. The second-order valence-electron chi connectivity index (χ2n) is 5.81. The number of thiophene rings is 1. The van der Waals surface area contributed by atoms with E-state index in [1.165, 1.54) is 35.4 Å². The average molecular weight is 290 g/mol. The normalized spacial score (nSPS) is 17.8. The molecule has 0 amide bonds. The van der Waals surface area contributed by atoms with E-state index in [9.17, 15) is 5.11 Å². The van der Waals surface area contributed by atoms with Gasteiger partial charge in [-0.15, -0.1) is 11.3 Å². The molecule has 0 spiro atoms. The van der Waals surface area contributed by atoms with Crippen LogP contribution < -0.4 is 0 Å². The molecule has 1 saturated carbocycles. The van der Waals surface area contributed by atoms with E-state index in [2.05, 4.69) is 42.0 Å².